The zero-order chi connectivity index (χ0) is 16.2. The molecule has 2 unspecified atom stereocenters. The van der Waals surface area contributed by atoms with Gasteiger partial charge < -0.3 is 4.42 Å². The zero-order valence-corrected chi connectivity index (χ0v) is 13.6. The van der Waals surface area contributed by atoms with E-state index < -0.39 is 0 Å². The van der Waals surface area contributed by atoms with Crippen LogP contribution < -0.4 is 0 Å². The molecule has 0 saturated heterocycles. The Bertz CT molecular complexity index is 673. The topological polar surface area (TPSA) is 47.3 Å². The Morgan fingerprint density at radius 1 is 1.22 bits per heavy atom. The molecule has 1 saturated carbocycles. The van der Waals surface area contributed by atoms with Gasteiger partial charge in [0.15, 0.2) is 5.78 Å². The third kappa shape index (κ3) is 3.73. The van der Waals surface area contributed by atoms with E-state index in [1.165, 1.54) is 0 Å². The van der Waals surface area contributed by atoms with Gasteiger partial charge in [0.1, 0.15) is 11.5 Å². The highest BCUT2D eigenvalue weighted by molar-refractivity contribution is 6.30. The maximum Gasteiger partial charge on any atom is 0.163 e. The summed E-state index contributed by atoms with van der Waals surface area (Å²) in [4.78, 5) is 24.9. The van der Waals surface area contributed by atoms with Crippen molar-refractivity contribution in [1.82, 2.24) is 0 Å². The smallest absolute Gasteiger partial charge is 0.163 e. The first-order chi connectivity index (χ1) is 11.1. The number of ketones is 2. The molecule has 0 radical (unpaired) electrons. The summed E-state index contributed by atoms with van der Waals surface area (Å²) in [5.41, 5.74) is 0.620. The second-order valence-corrected chi connectivity index (χ2v) is 6.51. The number of hydrogen-bond donors (Lipinski definition) is 0. The minimum absolute atomic E-state index is 0.0152. The molecule has 3 nitrogen and oxygen atoms in total. The van der Waals surface area contributed by atoms with Gasteiger partial charge in [-0.25, -0.2) is 0 Å². The summed E-state index contributed by atoms with van der Waals surface area (Å²) >= 11 is 5.87. The lowest BCUT2D eigenvalue weighted by Gasteiger charge is -2.27. The van der Waals surface area contributed by atoms with Crippen molar-refractivity contribution in [2.75, 3.05) is 0 Å². The molecule has 1 fully saturated rings. The molecule has 0 N–H and O–H groups in total. The lowest BCUT2D eigenvalue weighted by Crippen LogP contribution is -2.27. The molecule has 120 valence electrons. The minimum atomic E-state index is -0.180. The molecule has 1 aliphatic rings. The molecule has 2 aromatic rings. The minimum Gasteiger partial charge on any atom is -0.469 e. The summed E-state index contributed by atoms with van der Waals surface area (Å²) < 4.78 is 5.53. The number of furan rings is 1. The molecule has 0 spiro atoms. The molecule has 0 aliphatic heterocycles. The van der Waals surface area contributed by atoms with Crippen molar-refractivity contribution in [1.29, 1.82) is 0 Å². The Hall–Kier alpha value is -1.87. The van der Waals surface area contributed by atoms with Crippen LogP contribution in [0.15, 0.2) is 47.1 Å². The highest BCUT2D eigenvalue weighted by Gasteiger charge is 2.34. The predicted molar refractivity (Wildman–Crippen MR) is 88.8 cm³/mol. The van der Waals surface area contributed by atoms with Gasteiger partial charge in [-0.15, -0.1) is 0 Å². The third-order valence-electron chi connectivity index (χ3n) is 4.57. The fourth-order valence-electron chi connectivity index (χ4n) is 3.33. The standard InChI is InChI=1S/C19H19ClO3/c20-14-9-7-13(8-10-14)18(22)12-16(19-6-3-11-23-19)15-4-1-2-5-17(15)21/h3,6-11,15-16H,1-2,4-5,12H2. The summed E-state index contributed by atoms with van der Waals surface area (Å²) in [5.74, 6) is 0.697. The lowest BCUT2D eigenvalue weighted by atomic mass is 9.75. The summed E-state index contributed by atoms with van der Waals surface area (Å²) in [7, 11) is 0. The number of carbonyl (C=O) groups is 2. The van der Waals surface area contributed by atoms with Crippen molar-refractivity contribution in [2.24, 2.45) is 5.92 Å². The monoisotopic (exact) mass is 330 g/mol. The van der Waals surface area contributed by atoms with Crippen molar-refractivity contribution in [2.45, 2.75) is 38.0 Å². The van der Waals surface area contributed by atoms with E-state index >= 15 is 0 Å². The third-order valence-corrected chi connectivity index (χ3v) is 4.82. The maximum absolute atomic E-state index is 12.6. The number of Topliss-reactive ketones (excluding diaryl/α,β-unsaturated/α-hetero) is 2. The molecule has 0 amide bonds. The van der Waals surface area contributed by atoms with Crippen molar-refractivity contribution in [3.8, 4) is 0 Å². The van der Waals surface area contributed by atoms with Gasteiger partial charge in [0.05, 0.1) is 6.26 Å². The first-order valence-corrected chi connectivity index (χ1v) is 8.38. The molecule has 0 bridgehead atoms. The Kier molecular flexibility index (Phi) is 4.97. The molecule has 1 heterocycles. The molecule has 1 aromatic heterocycles. The van der Waals surface area contributed by atoms with Crippen LogP contribution in [0.1, 0.15) is 54.1 Å². The van der Waals surface area contributed by atoms with E-state index in [0.717, 1.165) is 25.0 Å². The second kappa shape index (κ2) is 7.14. The molecular formula is C19H19ClO3. The van der Waals surface area contributed by atoms with Crippen LogP contribution in [0.4, 0.5) is 0 Å². The normalized spacial score (nSPS) is 19.5. The highest BCUT2D eigenvalue weighted by Crippen LogP contribution is 2.37. The molecule has 23 heavy (non-hydrogen) atoms. The van der Waals surface area contributed by atoms with Gasteiger partial charge >= 0.3 is 0 Å². The summed E-state index contributed by atoms with van der Waals surface area (Å²) in [5, 5.41) is 0.603. The number of carbonyl (C=O) groups excluding carboxylic acids is 2. The molecule has 3 rings (SSSR count). The van der Waals surface area contributed by atoms with E-state index in [0.29, 0.717) is 17.0 Å². The quantitative estimate of drug-likeness (QED) is 0.721. The van der Waals surface area contributed by atoms with E-state index in [4.69, 9.17) is 16.0 Å². The number of rotatable bonds is 5. The number of halogens is 1. The molecular weight excluding hydrogens is 312 g/mol. The van der Waals surface area contributed by atoms with Crippen LogP contribution >= 0.6 is 11.6 Å². The SMILES string of the molecule is O=C(CC(c1ccco1)C1CCCCC1=O)c1ccc(Cl)cc1. The van der Waals surface area contributed by atoms with E-state index in [-0.39, 0.29) is 29.8 Å². The van der Waals surface area contributed by atoms with Gasteiger partial charge in [-0.1, -0.05) is 18.0 Å². The van der Waals surface area contributed by atoms with Gasteiger partial charge in [-0.3, -0.25) is 9.59 Å². The first kappa shape index (κ1) is 16.0. The average Bonchev–Trinajstić information content (AvgIpc) is 3.08. The van der Waals surface area contributed by atoms with E-state index in [1.54, 1.807) is 30.5 Å². The van der Waals surface area contributed by atoms with Crippen LogP contribution in [0.2, 0.25) is 5.02 Å². The van der Waals surface area contributed by atoms with Gasteiger partial charge in [0.25, 0.3) is 0 Å². The van der Waals surface area contributed by atoms with Crippen molar-refractivity contribution in [3.63, 3.8) is 0 Å². The molecule has 2 atom stereocenters. The van der Waals surface area contributed by atoms with E-state index in [1.807, 2.05) is 12.1 Å². The van der Waals surface area contributed by atoms with E-state index in [2.05, 4.69) is 0 Å². The lowest BCUT2D eigenvalue weighted by molar-refractivity contribution is -0.125. The number of hydrogen-bond acceptors (Lipinski definition) is 3. The largest absolute Gasteiger partial charge is 0.469 e. The number of benzene rings is 1. The highest BCUT2D eigenvalue weighted by atomic mass is 35.5. The fraction of sp³-hybridized carbons (Fsp3) is 0.368. The molecule has 4 heteroatoms. The summed E-state index contributed by atoms with van der Waals surface area (Å²) in [6.07, 6.45) is 5.30. The summed E-state index contributed by atoms with van der Waals surface area (Å²) in [6.45, 7) is 0. The van der Waals surface area contributed by atoms with Crippen LogP contribution in [0.25, 0.3) is 0 Å². The van der Waals surface area contributed by atoms with Gasteiger partial charge in [0, 0.05) is 35.3 Å². The Labute approximate surface area is 140 Å². The molecule has 1 aliphatic carbocycles. The Morgan fingerprint density at radius 3 is 2.65 bits per heavy atom. The Morgan fingerprint density at radius 2 is 2.00 bits per heavy atom. The van der Waals surface area contributed by atoms with Crippen LogP contribution in [0, 0.1) is 5.92 Å². The van der Waals surface area contributed by atoms with Gasteiger partial charge in [-0.2, -0.15) is 0 Å². The van der Waals surface area contributed by atoms with E-state index in [9.17, 15) is 9.59 Å². The summed E-state index contributed by atoms with van der Waals surface area (Å²) in [6, 6.07) is 10.5. The fourth-order valence-corrected chi connectivity index (χ4v) is 3.46. The maximum atomic E-state index is 12.6. The second-order valence-electron chi connectivity index (χ2n) is 6.07. The van der Waals surface area contributed by atoms with Gasteiger partial charge in [0.2, 0.25) is 0 Å². The average molecular weight is 331 g/mol. The Balaban J connectivity index is 1.82. The van der Waals surface area contributed by atoms with Gasteiger partial charge in [-0.05, 0) is 49.2 Å². The van der Waals surface area contributed by atoms with Crippen molar-refractivity contribution >= 4 is 23.2 Å². The van der Waals surface area contributed by atoms with Crippen LogP contribution in [0.3, 0.4) is 0 Å². The zero-order valence-electron chi connectivity index (χ0n) is 12.8. The first-order valence-electron chi connectivity index (χ1n) is 8.00. The molecule has 1 aromatic carbocycles. The van der Waals surface area contributed by atoms with Crippen molar-refractivity contribution < 1.29 is 14.0 Å². The van der Waals surface area contributed by atoms with Crippen LogP contribution in [-0.2, 0) is 4.79 Å². The van der Waals surface area contributed by atoms with Crippen molar-refractivity contribution in [3.05, 3.63) is 59.0 Å². The van der Waals surface area contributed by atoms with Crippen LogP contribution in [0.5, 0.6) is 0 Å². The van der Waals surface area contributed by atoms with Crippen LogP contribution in [-0.4, -0.2) is 11.6 Å². The predicted octanol–water partition coefficient (Wildman–Crippen LogP) is 5.05.